The average molecular weight is 282 g/mol. The van der Waals surface area contributed by atoms with Gasteiger partial charge in [0.15, 0.2) is 0 Å². The van der Waals surface area contributed by atoms with Gasteiger partial charge in [0.05, 0.1) is 7.11 Å². The zero-order valence-corrected chi connectivity index (χ0v) is 12.5. The van der Waals surface area contributed by atoms with Crippen LogP contribution in [-0.4, -0.2) is 19.2 Å². The number of carbonyl (C=O) groups excluding carboxylic acids is 1. The fourth-order valence-corrected chi connectivity index (χ4v) is 2.93. The van der Waals surface area contributed by atoms with Crippen LogP contribution in [0.2, 0.25) is 0 Å². The molecule has 0 spiro atoms. The molecule has 21 heavy (non-hydrogen) atoms. The molecule has 2 aromatic rings. The van der Waals surface area contributed by atoms with Crippen LogP contribution in [0.3, 0.4) is 0 Å². The summed E-state index contributed by atoms with van der Waals surface area (Å²) in [6.45, 7) is 3.95. The summed E-state index contributed by atoms with van der Waals surface area (Å²) >= 11 is 0. The van der Waals surface area contributed by atoms with E-state index < -0.39 is 0 Å². The van der Waals surface area contributed by atoms with E-state index in [-0.39, 0.29) is 12.1 Å². The van der Waals surface area contributed by atoms with Crippen LogP contribution >= 0.6 is 0 Å². The van der Waals surface area contributed by atoms with Crippen LogP contribution in [0.25, 0.3) is 11.1 Å². The van der Waals surface area contributed by atoms with Crippen LogP contribution in [-0.2, 0) is 11.2 Å². The molecule has 0 saturated heterocycles. The summed E-state index contributed by atoms with van der Waals surface area (Å²) < 4.78 is 10.9. The van der Waals surface area contributed by atoms with Crippen LogP contribution in [0.4, 0.5) is 0 Å². The third kappa shape index (κ3) is 2.29. The number of methoxy groups -OCH3 is 1. The number of fused-ring (bicyclic) bond motifs is 1. The number of cyclic esters (lactones) is 1. The number of ether oxygens (including phenoxy) is 2. The highest BCUT2D eigenvalue weighted by atomic mass is 16.5. The maximum absolute atomic E-state index is 12.3. The van der Waals surface area contributed by atoms with E-state index in [9.17, 15) is 4.79 Å². The molecule has 0 amide bonds. The van der Waals surface area contributed by atoms with Gasteiger partial charge in [-0.3, -0.25) is 0 Å². The van der Waals surface area contributed by atoms with Crippen molar-refractivity contribution in [3.63, 3.8) is 0 Å². The molecule has 0 N–H and O–H groups in total. The number of benzene rings is 2. The lowest BCUT2D eigenvalue weighted by Gasteiger charge is -2.26. The van der Waals surface area contributed by atoms with Crippen LogP contribution in [0.15, 0.2) is 36.4 Å². The van der Waals surface area contributed by atoms with Gasteiger partial charge in [-0.25, -0.2) is 4.79 Å². The molecule has 0 unspecified atom stereocenters. The third-order valence-corrected chi connectivity index (χ3v) is 3.90. The topological polar surface area (TPSA) is 35.5 Å². The van der Waals surface area contributed by atoms with E-state index in [1.165, 1.54) is 0 Å². The molecule has 2 aromatic carbocycles. The molecule has 3 heteroatoms. The van der Waals surface area contributed by atoms with Crippen molar-refractivity contribution in [1.29, 1.82) is 0 Å². The van der Waals surface area contributed by atoms with Crippen molar-refractivity contribution in [3.05, 3.63) is 53.1 Å². The Balaban J connectivity index is 2.27. The molecule has 1 atom stereocenters. The summed E-state index contributed by atoms with van der Waals surface area (Å²) in [5.41, 5.74) is 4.69. The maximum Gasteiger partial charge on any atom is 0.342 e. The molecule has 3 nitrogen and oxygen atoms in total. The molecule has 0 fully saturated rings. The van der Waals surface area contributed by atoms with Gasteiger partial charge in [-0.1, -0.05) is 30.3 Å². The lowest BCUT2D eigenvalue weighted by molar-refractivity contribution is 0.0296. The van der Waals surface area contributed by atoms with E-state index in [4.69, 9.17) is 9.47 Å². The van der Waals surface area contributed by atoms with Crippen LogP contribution in [0.1, 0.15) is 28.4 Å². The Morgan fingerprint density at radius 3 is 2.62 bits per heavy atom. The van der Waals surface area contributed by atoms with Crippen LogP contribution in [0.5, 0.6) is 5.75 Å². The zero-order chi connectivity index (χ0) is 15.0. The summed E-state index contributed by atoms with van der Waals surface area (Å²) in [4.78, 5) is 12.3. The van der Waals surface area contributed by atoms with Gasteiger partial charge in [-0.2, -0.15) is 0 Å². The summed E-state index contributed by atoms with van der Waals surface area (Å²) in [5, 5.41) is 0. The van der Waals surface area contributed by atoms with Gasteiger partial charge in [-0.15, -0.1) is 0 Å². The second kappa shape index (κ2) is 5.24. The predicted octanol–water partition coefficient (Wildman–Crippen LogP) is 3.77. The number of esters is 1. The van der Waals surface area contributed by atoms with Gasteiger partial charge in [0.1, 0.15) is 17.4 Å². The Kier molecular flexibility index (Phi) is 3.42. The molecule has 1 heterocycles. The van der Waals surface area contributed by atoms with Crippen molar-refractivity contribution < 1.29 is 14.3 Å². The van der Waals surface area contributed by atoms with Crippen molar-refractivity contribution in [3.8, 4) is 16.9 Å². The molecule has 3 rings (SSSR count). The number of hydrogen-bond acceptors (Lipinski definition) is 3. The molecule has 0 aromatic heterocycles. The van der Waals surface area contributed by atoms with Crippen molar-refractivity contribution in [1.82, 2.24) is 0 Å². The Labute approximate surface area is 124 Å². The maximum atomic E-state index is 12.3. The van der Waals surface area contributed by atoms with E-state index >= 15 is 0 Å². The first-order valence-electron chi connectivity index (χ1n) is 7.08. The first-order valence-corrected chi connectivity index (χ1v) is 7.08. The molecular weight excluding hydrogens is 264 g/mol. The number of hydrogen-bond donors (Lipinski definition) is 0. The highest BCUT2D eigenvalue weighted by Crippen LogP contribution is 2.39. The molecule has 0 saturated carbocycles. The summed E-state index contributed by atoms with van der Waals surface area (Å²) in [5.74, 6) is 0.320. The number of rotatable bonds is 2. The first kappa shape index (κ1) is 13.7. The fraction of sp³-hybridized carbons (Fsp3) is 0.278. The molecule has 1 aliphatic heterocycles. The van der Waals surface area contributed by atoms with Crippen molar-refractivity contribution in [2.45, 2.75) is 26.4 Å². The molecule has 108 valence electrons. The molecule has 0 radical (unpaired) electrons. The van der Waals surface area contributed by atoms with Crippen LogP contribution < -0.4 is 4.74 Å². The highest BCUT2D eigenvalue weighted by molar-refractivity contribution is 5.99. The third-order valence-electron chi connectivity index (χ3n) is 3.90. The first-order chi connectivity index (χ1) is 10.1. The van der Waals surface area contributed by atoms with E-state index in [1.54, 1.807) is 7.11 Å². The van der Waals surface area contributed by atoms with Crippen LogP contribution in [0, 0.1) is 6.92 Å². The number of aryl methyl sites for hydroxylation is 1. The summed E-state index contributed by atoms with van der Waals surface area (Å²) in [7, 11) is 1.60. The average Bonchev–Trinajstić information content (AvgIpc) is 2.48. The van der Waals surface area contributed by atoms with E-state index in [2.05, 4.69) is 6.07 Å². The van der Waals surface area contributed by atoms with Gasteiger partial charge in [-0.05, 0) is 36.6 Å². The second-order valence-electron chi connectivity index (χ2n) is 5.41. The smallest absolute Gasteiger partial charge is 0.342 e. The monoisotopic (exact) mass is 282 g/mol. The fourth-order valence-electron chi connectivity index (χ4n) is 2.93. The minimum Gasteiger partial charge on any atom is -0.495 e. The van der Waals surface area contributed by atoms with Gasteiger partial charge in [0, 0.05) is 12.0 Å². The minimum atomic E-state index is -0.290. The molecular formula is C18H18O3. The Morgan fingerprint density at radius 1 is 1.24 bits per heavy atom. The van der Waals surface area contributed by atoms with Gasteiger partial charge in [0.25, 0.3) is 0 Å². The lowest BCUT2D eigenvalue weighted by Crippen LogP contribution is -2.26. The molecule has 0 aliphatic carbocycles. The van der Waals surface area contributed by atoms with Gasteiger partial charge >= 0.3 is 5.97 Å². The zero-order valence-electron chi connectivity index (χ0n) is 12.5. The lowest BCUT2D eigenvalue weighted by atomic mass is 9.89. The van der Waals surface area contributed by atoms with E-state index in [0.717, 1.165) is 28.7 Å². The SMILES string of the molecule is COc1c(-c2ccccc2)cc(C)c2c1C(=O)O[C@H](C)C2. The Bertz CT molecular complexity index is 689. The molecule has 0 bridgehead atoms. The minimum absolute atomic E-state index is 0.0871. The van der Waals surface area contributed by atoms with Gasteiger partial charge < -0.3 is 9.47 Å². The number of carbonyl (C=O) groups is 1. The summed E-state index contributed by atoms with van der Waals surface area (Å²) in [6.07, 6.45) is 0.647. The van der Waals surface area contributed by atoms with E-state index in [1.807, 2.05) is 44.2 Å². The Morgan fingerprint density at radius 2 is 1.95 bits per heavy atom. The van der Waals surface area contributed by atoms with Crippen molar-refractivity contribution in [2.75, 3.05) is 7.11 Å². The predicted molar refractivity (Wildman–Crippen MR) is 81.7 cm³/mol. The standard InChI is InChI=1S/C18H18O3/c1-11-9-15(13-7-5-4-6-8-13)17(20-3)16-14(11)10-12(2)21-18(16)19/h4-9,12H,10H2,1-3H3/t12-/m1/s1. The van der Waals surface area contributed by atoms with E-state index in [0.29, 0.717) is 11.3 Å². The highest BCUT2D eigenvalue weighted by Gasteiger charge is 2.30. The van der Waals surface area contributed by atoms with Crippen molar-refractivity contribution >= 4 is 5.97 Å². The second-order valence-corrected chi connectivity index (χ2v) is 5.41. The quantitative estimate of drug-likeness (QED) is 0.786. The molecule has 1 aliphatic rings. The largest absolute Gasteiger partial charge is 0.495 e. The summed E-state index contributed by atoms with van der Waals surface area (Å²) in [6, 6.07) is 12.0. The Hall–Kier alpha value is -2.29. The van der Waals surface area contributed by atoms with Gasteiger partial charge in [0.2, 0.25) is 0 Å². The van der Waals surface area contributed by atoms with Crippen molar-refractivity contribution in [2.24, 2.45) is 0 Å². The normalized spacial score (nSPS) is 17.1.